The Kier molecular flexibility index (Phi) is 2.37. The average Bonchev–Trinajstić information content (AvgIpc) is 2.75. The molecule has 0 spiro atoms. The molecule has 0 amide bonds. The van der Waals surface area contributed by atoms with Crippen LogP contribution in [0.3, 0.4) is 0 Å². The Balaban J connectivity index is 2.22. The Bertz CT molecular complexity index is 731. The van der Waals surface area contributed by atoms with Crippen LogP contribution in [0.4, 0.5) is 4.39 Å². The maximum absolute atomic E-state index is 13.6. The van der Waals surface area contributed by atoms with E-state index in [1.165, 1.54) is 12.3 Å². The molecule has 0 saturated carbocycles. The lowest BCUT2D eigenvalue weighted by molar-refractivity contribution is 0.614. The maximum atomic E-state index is 13.6. The Morgan fingerprint density at radius 1 is 1.11 bits per heavy atom. The zero-order valence-corrected chi connectivity index (χ0v) is 10.2. The largest absolute Gasteiger partial charge is 0.300 e. The van der Waals surface area contributed by atoms with Crippen LogP contribution in [0, 0.1) is 19.7 Å². The van der Waals surface area contributed by atoms with E-state index in [0.29, 0.717) is 11.4 Å². The lowest BCUT2D eigenvalue weighted by atomic mass is 10.3. The molecule has 0 atom stereocenters. The first-order valence-electron chi connectivity index (χ1n) is 5.71. The quantitative estimate of drug-likeness (QED) is 0.655. The summed E-state index contributed by atoms with van der Waals surface area (Å²) in [5.74, 6) is 0.320. The van der Waals surface area contributed by atoms with Gasteiger partial charge < -0.3 is 0 Å². The van der Waals surface area contributed by atoms with Gasteiger partial charge in [-0.25, -0.2) is 9.37 Å². The van der Waals surface area contributed by atoms with E-state index in [1.54, 1.807) is 13.1 Å². The summed E-state index contributed by atoms with van der Waals surface area (Å²) < 4.78 is 15.4. The first-order chi connectivity index (χ1) is 8.65. The number of hydrogen-bond acceptors (Lipinski definition) is 2. The van der Waals surface area contributed by atoms with Gasteiger partial charge in [0.2, 0.25) is 0 Å². The molecule has 0 aliphatic carbocycles. The zero-order valence-electron chi connectivity index (χ0n) is 10.2. The Hall–Kier alpha value is -2.23. The summed E-state index contributed by atoms with van der Waals surface area (Å²) in [5, 5.41) is 1.07. The van der Waals surface area contributed by atoms with Crippen molar-refractivity contribution in [3.63, 3.8) is 0 Å². The van der Waals surface area contributed by atoms with Crippen LogP contribution in [0.2, 0.25) is 0 Å². The highest BCUT2D eigenvalue weighted by molar-refractivity contribution is 5.81. The third kappa shape index (κ3) is 1.66. The van der Waals surface area contributed by atoms with Gasteiger partial charge in [0.1, 0.15) is 11.6 Å². The molecule has 0 fully saturated rings. The summed E-state index contributed by atoms with van der Waals surface area (Å²) in [7, 11) is 0. The molecule has 0 aromatic carbocycles. The van der Waals surface area contributed by atoms with Crippen LogP contribution in [-0.2, 0) is 0 Å². The molecular weight excluding hydrogens is 229 g/mol. The first-order valence-corrected chi connectivity index (χ1v) is 5.71. The highest BCUT2D eigenvalue weighted by Gasteiger charge is 2.07. The monoisotopic (exact) mass is 241 g/mol. The minimum atomic E-state index is -0.248. The molecule has 0 radical (unpaired) electrons. The number of hydrogen-bond donors (Lipinski definition) is 0. The Morgan fingerprint density at radius 3 is 2.72 bits per heavy atom. The molecule has 0 aliphatic rings. The van der Waals surface area contributed by atoms with E-state index in [1.807, 2.05) is 29.8 Å². The van der Waals surface area contributed by atoms with E-state index in [4.69, 9.17) is 0 Å². The fourth-order valence-electron chi connectivity index (χ4n) is 1.96. The molecule has 0 N–H and O–H groups in total. The van der Waals surface area contributed by atoms with E-state index in [0.717, 1.165) is 16.6 Å². The van der Waals surface area contributed by atoms with Gasteiger partial charge in [-0.15, -0.1) is 0 Å². The van der Waals surface area contributed by atoms with Crippen molar-refractivity contribution in [1.29, 1.82) is 0 Å². The van der Waals surface area contributed by atoms with Crippen molar-refractivity contribution < 1.29 is 4.39 Å². The highest BCUT2D eigenvalue weighted by Crippen LogP contribution is 2.20. The van der Waals surface area contributed by atoms with Gasteiger partial charge in [0.25, 0.3) is 0 Å². The number of aromatic nitrogens is 3. The highest BCUT2D eigenvalue weighted by atomic mass is 19.1. The van der Waals surface area contributed by atoms with Gasteiger partial charge in [-0.05, 0) is 26.0 Å². The predicted octanol–water partition coefficient (Wildman–Crippen LogP) is 3.18. The van der Waals surface area contributed by atoms with Gasteiger partial charge in [-0.3, -0.25) is 9.55 Å². The normalized spacial score (nSPS) is 11.1. The first kappa shape index (κ1) is 10.9. The molecule has 3 aromatic rings. The predicted molar refractivity (Wildman–Crippen MR) is 68.3 cm³/mol. The lowest BCUT2D eigenvalue weighted by Crippen LogP contribution is -1.98. The van der Waals surface area contributed by atoms with E-state index < -0.39 is 0 Å². The number of rotatable bonds is 1. The second-order valence-electron chi connectivity index (χ2n) is 4.36. The Morgan fingerprint density at radius 2 is 1.94 bits per heavy atom. The van der Waals surface area contributed by atoms with Gasteiger partial charge in [0.05, 0.1) is 11.7 Å². The molecule has 90 valence electrons. The molecule has 4 heteroatoms. The van der Waals surface area contributed by atoms with Gasteiger partial charge in [0.15, 0.2) is 0 Å². The smallest absolute Gasteiger partial charge is 0.140 e. The van der Waals surface area contributed by atoms with E-state index in [9.17, 15) is 4.39 Å². The summed E-state index contributed by atoms with van der Waals surface area (Å²) in [6, 6.07) is 5.41. The molecule has 18 heavy (non-hydrogen) atoms. The van der Waals surface area contributed by atoms with Gasteiger partial charge in [-0.2, -0.15) is 0 Å². The zero-order chi connectivity index (χ0) is 12.7. The fraction of sp³-hybridized carbons (Fsp3) is 0.143. The number of nitrogens with zero attached hydrogens (tertiary/aromatic N) is 3. The van der Waals surface area contributed by atoms with Crippen LogP contribution < -0.4 is 0 Å². The van der Waals surface area contributed by atoms with Crippen molar-refractivity contribution in [3.05, 3.63) is 53.9 Å². The minimum absolute atomic E-state index is 0.248. The van der Waals surface area contributed by atoms with Crippen molar-refractivity contribution >= 4 is 10.9 Å². The summed E-state index contributed by atoms with van der Waals surface area (Å²) in [6.45, 7) is 3.64. The van der Waals surface area contributed by atoms with E-state index in [-0.39, 0.29) is 5.82 Å². The number of pyridine rings is 2. The second kappa shape index (κ2) is 3.91. The summed E-state index contributed by atoms with van der Waals surface area (Å²) in [5.41, 5.74) is 2.43. The van der Waals surface area contributed by atoms with Crippen LogP contribution in [0.5, 0.6) is 0 Å². The van der Waals surface area contributed by atoms with Crippen molar-refractivity contribution in [3.8, 4) is 5.82 Å². The summed E-state index contributed by atoms with van der Waals surface area (Å²) >= 11 is 0. The van der Waals surface area contributed by atoms with Gasteiger partial charge in [-0.1, -0.05) is 0 Å². The average molecular weight is 241 g/mol. The van der Waals surface area contributed by atoms with Crippen molar-refractivity contribution in [1.82, 2.24) is 14.5 Å². The third-order valence-electron chi connectivity index (χ3n) is 2.98. The topological polar surface area (TPSA) is 30.7 Å². The summed E-state index contributed by atoms with van der Waals surface area (Å²) in [6.07, 6.45) is 5.20. The molecule has 3 rings (SSSR count). The van der Waals surface area contributed by atoms with Crippen LogP contribution >= 0.6 is 0 Å². The van der Waals surface area contributed by atoms with Crippen molar-refractivity contribution in [2.45, 2.75) is 13.8 Å². The van der Waals surface area contributed by atoms with Crippen LogP contribution in [-0.4, -0.2) is 14.5 Å². The molecule has 0 unspecified atom stereocenters. The SMILES string of the molecule is Cc1cc2ccn(-c3cc(F)c(C)cn3)c2cn1. The lowest BCUT2D eigenvalue weighted by Gasteiger charge is -2.05. The fourth-order valence-corrected chi connectivity index (χ4v) is 1.96. The maximum Gasteiger partial charge on any atom is 0.140 e. The number of aryl methyl sites for hydroxylation is 2. The van der Waals surface area contributed by atoms with Crippen LogP contribution in [0.25, 0.3) is 16.7 Å². The van der Waals surface area contributed by atoms with Crippen molar-refractivity contribution in [2.75, 3.05) is 0 Å². The Labute approximate surface area is 104 Å². The molecule has 0 aliphatic heterocycles. The number of fused-ring (bicyclic) bond motifs is 1. The van der Waals surface area contributed by atoms with E-state index >= 15 is 0 Å². The van der Waals surface area contributed by atoms with Crippen LogP contribution in [0.15, 0.2) is 36.8 Å². The number of halogens is 1. The molecular formula is C14H12FN3. The van der Waals surface area contributed by atoms with Crippen molar-refractivity contribution in [2.24, 2.45) is 0 Å². The van der Waals surface area contributed by atoms with Gasteiger partial charge >= 0.3 is 0 Å². The minimum Gasteiger partial charge on any atom is -0.300 e. The molecule has 0 saturated heterocycles. The molecule has 3 aromatic heterocycles. The third-order valence-corrected chi connectivity index (χ3v) is 2.98. The van der Waals surface area contributed by atoms with Crippen LogP contribution in [0.1, 0.15) is 11.3 Å². The molecule has 0 bridgehead atoms. The second-order valence-corrected chi connectivity index (χ2v) is 4.36. The van der Waals surface area contributed by atoms with Gasteiger partial charge in [0, 0.05) is 35.1 Å². The molecule has 3 heterocycles. The van der Waals surface area contributed by atoms with E-state index in [2.05, 4.69) is 9.97 Å². The molecule has 3 nitrogen and oxygen atoms in total. The summed E-state index contributed by atoms with van der Waals surface area (Å²) in [4.78, 5) is 8.51. The standard InChI is InChI=1S/C14H12FN3/c1-9-7-17-14(6-12(9)15)18-4-3-11-5-10(2)16-8-13(11)18/h3-8H,1-2H3.